The Balaban J connectivity index is 3.72. The minimum Gasteiger partial charge on any atom is -0.313 e. The summed E-state index contributed by atoms with van der Waals surface area (Å²) < 4.78 is 0. The van der Waals surface area contributed by atoms with Crippen molar-refractivity contribution >= 4 is 0 Å². The zero-order valence-electron chi connectivity index (χ0n) is 11.4. The van der Waals surface area contributed by atoms with Crippen LogP contribution in [0.4, 0.5) is 0 Å². The van der Waals surface area contributed by atoms with Crippen molar-refractivity contribution < 1.29 is 0 Å². The fraction of sp³-hybridized carbons (Fsp3) is 1.00. The Morgan fingerprint density at radius 1 is 1.07 bits per heavy atom. The summed E-state index contributed by atoms with van der Waals surface area (Å²) in [5, 5.41) is 3.47. The van der Waals surface area contributed by atoms with E-state index in [-0.39, 0.29) is 0 Å². The molecule has 1 N–H and O–H groups in total. The molecule has 0 aliphatic rings. The molecule has 0 amide bonds. The molecule has 0 bridgehead atoms. The second kappa shape index (κ2) is 8.08. The van der Waals surface area contributed by atoms with Crippen molar-refractivity contribution in [2.45, 2.75) is 39.3 Å². The second-order valence-corrected chi connectivity index (χ2v) is 4.72. The van der Waals surface area contributed by atoms with E-state index in [4.69, 9.17) is 0 Å². The minimum atomic E-state index is 0.569. The average Bonchev–Trinajstić information content (AvgIpc) is 2.16. The molecule has 15 heavy (non-hydrogen) atoms. The first-order valence-corrected chi connectivity index (χ1v) is 6.07. The lowest BCUT2D eigenvalue weighted by molar-refractivity contribution is 0.205. The van der Waals surface area contributed by atoms with Crippen LogP contribution in [-0.4, -0.2) is 62.7 Å². The SMILES string of the molecule is CCNC(C)C(C)N(C)CCCN(C)C. The molecular weight excluding hydrogens is 186 g/mol. The third-order valence-electron chi connectivity index (χ3n) is 3.06. The fourth-order valence-electron chi connectivity index (χ4n) is 1.71. The lowest BCUT2D eigenvalue weighted by Crippen LogP contribution is -2.45. The van der Waals surface area contributed by atoms with Crippen molar-refractivity contribution in [2.75, 3.05) is 40.8 Å². The van der Waals surface area contributed by atoms with Gasteiger partial charge in [0.25, 0.3) is 0 Å². The molecule has 2 atom stereocenters. The van der Waals surface area contributed by atoms with Crippen LogP contribution < -0.4 is 5.32 Å². The normalized spacial score (nSPS) is 16.0. The van der Waals surface area contributed by atoms with Gasteiger partial charge in [-0.05, 0) is 61.0 Å². The molecule has 0 saturated carbocycles. The van der Waals surface area contributed by atoms with Gasteiger partial charge in [0.15, 0.2) is 0 Å². The molecule has 0 rings (SSSR count). The van der Waals surface area contributed by atoms with Gasteiger partial charge in [-0.2, -0.15) is 0 Å². The minimum absolute atomic E-state index is 0.569. The molecule has 0 aliphatic carbocycles. The molecule has 0 heterocycles. The second-order valence-electron chi connectivity index (χ2n) is 4.72. The Kier molecular flexibility index (Phi) is 8.02. The highest BCUT2D eigenvalue weighted by molar-refractivity contribution is 4.75. The lowest BCUT2D eigenvalue weighted by Gasteiger charge is -2.30. The molecule has 92 valence electrons. The third-order valence-corrected chi connectivity index (χ3v) is 3.06. The van der Waals surface area contributed by atoms with Gasteiger partial charge < -0.3 is 15.1 Å². The number of hydrogen-bond acceptors (Lipinski definition) is 3. The molecule has 2 unspecified atom stereocenters. The molecule has 3 heteroatoms. The number of rotatable bonds is 8. The number of likely N-dealkylation sites (N-methyl/N-ethyl adjacent to an activating group) is 2. The van der Waals surface area contributed by atoms with Crippen LogP contribution in [0.3, 0.4) is 0 Å². The molecule has 0 aliphatic heterocycles. The number of nitrogens with one attached hydrogen (secondary N) is 1. The van der Waals surface area contributed by atoms with Gasteiger partial charge in [0, 0.05) is 12.1 Å². The Morgan fingerprint density at radius 3 is 2.13 bits per heavy atom. The van der Waals surface area contributed by atoms with Crippen molar-refractivity contribution in [3.8, 4) is 0 Å². The maximum absolute atomic E-state index is 3.47. The molecule has 0 fully saturated rings. The highest BCUT2D eigenvalue weighted by Gasteiger charge is 2.15. The summed E-state index contributed by atoms with van der Waals surface area (Å²) in [6.07, 6.45) is 1.24. The van der Waals surface area contributed by atoms with Crippen LogP contribution in [0.15, 0.2) is 0 Å². The molecule has 0 aromatic rings. The van der Waals surface area contributed by atoms with Crippen LogP contribution >= 0.6 is 0 Å². The number of nitrogens with zero attached hydrogens (tertiary/aromatic N) is 2. The van der Waals surface area contributed by atoms with Crippen molar-refractivity contribution in [1.82, 2.24) is 15.1 Å². The molecule has 0 aromatic carbocycles. The van der Waals surface area contributed by atoms with E-state index in [0.717, 1.165) is 6.54 Å². The Hall–Kier alpha value is -0.120. The average molecular weight is 215 g/mol. The molecule has 3 nitrogen and oxygen atoms in total. The zero-order valence-corrected chi connectivity index (χ0v) is 11.4. The Labute approximate surface area is 95.8 Å². The predicted octanol–water partition coefficient (Wildman–Crippen LogP) is 1.26. The molecule has 0 saturated heterocycles. The van der Waals surface area contributed by atoms with Gasteiger partial charge >= 0.3 is 0 Å². The van der Waals surface area contributed by atoms with Gasteiger partial charge in [0.1, 0.15) is 0 Å². The van der Waals surface area contributed by atoms with Crippen molar-refractivity contribution in [3.63, 3.8) is 0 Å². The zero-order chi connectivity index (χ0) is 11.8. The first-order chi connectivity index (χ1) is 6.99. The largest absolute Gasteiger partial charge is 0.313 e. The predicted molar refractivity (Wildman–Crippen MR) is 68.4 cm³/mol. The first-order valence-electron chi connectivity index (χ1n) is 6.07. The van der Waals surface area contributed by atoms with Gasteiger partial charge in [-0.1, -0.05) is 6.92 Å². The van der Waals surface area contributed by atoms with E-state index >= 15 is 0 Å². The summed E-state index contributed by atoms with van der Waals surface area (Å²) in [4.78, 5) is 4.68. The summed E-state index contributed by atoms with van der Waals surface area (Å²) >= 11 is 0. The van der Waals surface area contributed by atoms with Crippen LogP contribution in [0.1, 0.15) is 27.2 Å². The molecule has 0 aromatic heterocycles. The van der Waals surface area contributed by atoms with E-state index in [1.807, 2.05) is 0 Å². The first kappa shape index (κ1) is 14.9. The smallest absolute Gasteiger partial charge is 0.0215 e. The van der Waals surface area contributed by atoms with Crippen LogP contribution in [0.25, 0.3) is 0 Å². The van der Waals surface area contributed by atoms with Crippen LogP contribution in [0.5, 0.6) is 0 Å². The van der Waals surface area contributed by atoms with Crippen molar-refractivity contribution in [3.05, 3.63) is 0 Å². The monoisotopic (exact) mass is 215 g/mol. The van der Waals surface area contributed by atoms with Gasteiger partial charge in [-0.25, -0.2) is 0 Å². The highest BCUT2D eigenvalue weighted by atomic mass is 15.2. The standard InChI is InChI=1S/C12H29N3/c1-7-13-11(2)12(3)15(6)10-8-9-14(4)5/h11-13H,7-10H2,1-6H3. The lowest BCUT2D eigenvalue weighted by atomic mass is 10.1. The molecule has 0 radical (unpaired) electrons. The summed E-state index contributed by atoms with van der Waals surface area (Å²) in [6.45, 7) is 10.1. The maximum Gasteiger partial charge on any atom is 0.0215 e. The van der Waals surface area contributed by atoms with E-state index in [1.165, 1.54) is 19.5 Å². The highest BCUT2D eigenvalue weighted by Crippen LogP contribution is 2.02. The van der Waals surface area contributed by atoms with Crippen LogP contribution in [0.2, 0.25) is 0 Å². The molecular formula is C12H29N3. The van der Waals surface area contributed by atoms with Crippen LogP contribution in [-0.2, 0) is 0 Å². The fourth-order valence-corrected chi connectivity index (χ4v) is 1.71. The summed E-state index contributed by atoms with van der Waals surface area (Å²) in [6, 6.07) is 1.17. The Bertz CT molecular complexity index is 148. The van der Waals surface area contributed by atoms with E-state index in [9.17, 15) is 0 Å². The van der Waals surface area contributed by atoms with E-state index < -0.39 is 0 Å². The van der Waals surface area contributed by atoms with Gasteiger partial charge in [0.2, 0.25) is 0 Å². The quantitative estimate of drug-likeness (QED) is 0.657. The van der Waals surface area contributed by atoms with Gasteiger partial charge in [0.05, 0.1) is 0 Å². The topological polar surface area (TPSA) is 18.5 Å². The van der Waals surface area contributed by atoms with Crippen molar-refractivity contribution in [2.24, 2.45) is 0 Å². The van der Waals surface area contributed by atoms with E-state index in [1.54, 1.807) is 0 Å². The van der Waals surface area contributed by atoms with E-state index in [0.29, 0.717) is 12.1 Å². The Morgan fingerprint density at radius 2 is 1.67 bits per heavy atom. The van der Waals surface area contributed by atoms with Crippen LogP contribution in [0, 0.1) is 0 Å². The van der Waals surface area contributed by atoms with Gasteiger partial charge in [-0.3, -0.25) is 0 Å². The van der Waals surface area contributed by atoms with Gasteiger partial charge in [-0.15, -0.1) is 0 Å². The third kappa shape index (κ3) is 6.88. The number of hydrogen-bond donors (Lipinski definition) is 1. The maximum atomic E-state index is 3.47. The van der Waals surface area contributed by atoms with E-state index in [2.05, 4.69) is 57.0 Å². The summed E-state index contributed by atoms with van der Waals surface area (Å²) in [7, 11) is 6.48. The summed E-state index contributed by atoms with van der Waals surface area (Å²) in [5.74, 6) is 0. The van der Waals surface area contributed by atoms with Crippen molar-refractivity contribution in [1.29, 1.82) is 0 Å². The summed E-state index contributed by atoms with van der Waals surface area (Å²) in [5.41, 5.74) is 0. The molecule has 0 spiro atoms.